The molecular formula is C36H67NO6. The minimum Gasteiger partial charge on any atom is -0.544 e. The fourth-order valence-electron chi connectivity index (χ4n) is 6.80. The largest absolute Gasteiger partial charge is 0.544 e. The van der Waals surface area contributed by atoms with Gasteiger partial charge in [0, 0.05) is 19.3 Å². The molecule has 0 aromatic heterocycles. The summed E-state index contributed by atoms with van der Waals surface area (Å²) in [6, 6.07) is -3.35. The van der Waals surface area contributed by atoms with Gasteiger partial charge in [0.2, 0.25) is 0 Å². The van der Waals surface area contributed by atoms with E-state index in [1.165, 1.54) is 70.6 Å². The van der Waals surface area contributed by atoms with Crippen LogP contribution in [-0.2, 0) is 14.4 Å². The van der Waals surface area contributed by atoms with Gasteiger partial charge in [-0.1, -0.05) is 117 Å². The van der Waals surface area contributed by atoms with Crippen molar-refractivity contribution >= 4 is 17.9 Å². The molecule has 0 saturated heterocycles. The Hall–Kier alpha value is -1.89. The van der Waals surface area contributed by atoms with Crippen molar-refractivity contribution in [3.8, 4) is 0 Å². The van der Waals surface area contributed by atoms with E-state index in [2.05, 4.69) is 19.1 Å². The number of nitrogens with zero attached hydrogens (tertiary/aromatic N) is 1. The van der Waals surface area contributed by atoms with Gasteiger partial charge >= 0.3 is 11.9 Å². The van der Waals surface area contributed by atoms with Crippen LogP contribution in [0.15, 0.2) is 12.2 Å². The van der Waals surface area contributed by atoms with E-state index >= 15 is 0 Å². The lowest BCUT2D eigenvalue weighted by atomic mass is 9.91. The first-order valence-corrected chi connectivity index (χ1v) is 17.9. The number of quaternary nitrogens is 1. The van der Waals surface area contributed by atoms with Gasteiger partial charge < -0.3 is 20.1 Å². The Kier molecular flexibility index (Phi) is 25.3. The molecule has 0 fully saturated rings. The topological polar surface area (TPSA) is 115 Å². The maximum atomic E-state index is 12.6. The van der Waals surface area contributed by atoms with Crippen molar-refractivity contribution in [2.24, 2.45) is 0 Å². The second kappa shape index (κ2) is 26.5. The van der Waals surface area contributed by atoms with E-state index in [9.17, 15) is 29.7 Å². The second-order valence-electron chi connectivity index (χ2n) is 12.6. The van der Waals surface area contributed by atoms with Gasteiger partial charge in [-0.3, -0.25) is 4.48 Å². The molecule has 7 nitrogen and oxygen atoms in total. The van der Waals surface area contributed by atoms with Crippen molar-refractivity contribution in [1.82, 2.24) is 0 Å². The molecule has 0 spiro atoms. The summed E-state index contributed by atoms with van der Waals surface area (Å²) in [5.74, 6) is -3.57. The Morgan fingerprint density at radius 1 is 0.535 bits per heavy atom. The highest BCUT2D eigenvalue weighted by molar-refractivity contribution is 5.77. The molecule has 0 aliphatic rings. The van der Waals surface area contributed by atoms with Gasteiger partial charge in [-0.15, -0.1) is 0 Å². The monoisotopic (exact) mass is 609 g/mol. The fourth-order valence-corrected chi connectivity index (χ4v) is 6.80. The van der Waals surface area contributed by atoms with Crippen LogP contribution in [0.4, 0.5) is 0 Å². The molecule has 43 heavy (non-hydrogen) atoms. The van der Waals surface area contributed by atoms with Crippen molar-refractivity contribution in [3.05, 3.63) is 12.2 Å². The van der Waals surface area contributed by atoms with E-state index in [4.69, 9.17) is 0 Å². The van der Waals surface area contributed by atoms with Gasteiger partial charge in [0.25, 0.3) is 0 Å². The number of carboxylic acid groups (broad SMARTS) is 3. The number of rotatable bonds is 31. The third-order valence-corrected chi connectivity index (χ3v) is 9.08. The van der Waals surface area contributed by atoms with Gasteiger partial charge in [0.05, 0.1) is 12.5 Å². The SMILES string of the molecule is CCCCCCCCCCCCC/C=C/CCCCCC[N+](C(CCC)C(=O)[O-])(C(CCC)C(=O)O)C(CCC)C(=O)O. The molecular weight excluding hydrogens is 542 g/mol. The number of aliphatic carboxylic acids is 3. The van der Waals surface area contributed by atoms with E-state index in [0.29, 0.717) is 25.7 Å². The zero-order valence-electron chi connectivity index (χ0n) is 28.3. The number of hydrogen-bond donors (Lipinski definition) is 2. The Balaban J connectivity index is 4.88. The van der Waals surface area contributed by atoms with E-state index < -0.39 is 40.5 Å². The van der Waals surface area contributed by atoms with Crippen LogP contribution in [-0.4, -0.2) is 57.3 Å². The zero-order chi connectivity index (χ0) is 32.3. The molecule has 0 aromatic rings. The molecule has 0 radical (unpaired) electrons. The number of carbonyl (C=O) groups excluding carboxylic acids is 1. The summed E-state index contributed by atoms with van der Waals surface area (Å²) in [7, 11) is 0. The van der Waals surface area contributed by atoms with Crippen LogP contribution in [0.5, 0.6) is 0 Å². The summed E-state index contributed by atoms with van der Waals surface area (Å²) >= 11 is 0. The van der Waals surface area contributed by atoms with Crippen LogP contribution < -0.4 is 5.11 Å². The van der Waals surface area contributed by atoms with Crippen LogP contribution in [0.3, 0.4) is 0 Å². The highest BCUT2D eigenvalue weighted by Crippen LogP contribution is 2.34. The maximum absolute atomic E-state index is 12.6. The van der Waals surface area contributed by atoms with Gasteiger partial charge in [-0.2, -0.15) is 0 Å². The number of carboxylic acids is 3. The lowest BCUT2D eigenvalue weighted by molar-refractivity contribution is -0.975. The quantitative estimate of drug-likeness (QED) is 0.0463. The second-order valence-corrected chi connectivity index (χ2v) is 12.6. The van der Waals surface area contributed by atoms with Crippen LogP contribution in [0.2, 0.25) is 0 Å². The molecule has 0 heterocycles. The zero-order valence-corrected chi connectivity index (χ0v) is 28.3. The number of carbonyl (C=O) groups is 3. The summed E-state index contributed by atoms with van der Waals surface area (Å²) in [4.78, 5) is 37.6. The first-order valence-electron chi connectivity index (χ1n) is 17.9. The number of allylic oxidation sites excluding steroid dienone is 2. The summed E-state index contributed by atoms with van der Waals surface area (Å²) in [5.41, 5.74) is 0. The molecule has 0 rings (SSSR count). The lowest BCUT2D eigenvalue weighted by Crippen LogP contribution is -2.74. The van der Waals surface area contributed by atoms with Crippen molar-refractivity contribution in [2.45, 2.75) is 193 Å². The predicted octanol–water partition coefficient (Wildman–Crippen LogP) is 8.44. The maximum Gasteiger partial charge on any atom is 0.362 e. The molecule has 2 N–H and O–H groups in total. The Bertz CT molecular complexity index is 692. The highest BCUT2D eigenvalue weighted by Gasteiger charge is 2.54. The predicted molar refractivity (Wildman–Crippen MR) is 175 cm³/mol. The minimum absolute atomic E-state index is 0.202. The molecule has 3 atom stereocenters. The van der Waals surface area contributed by atoms with Crippen LogP contribution in [0.1, 0.15) is 175 Å². The summed E-state index contributed by atoms with van der Waals surface area (Å²) in [6.07, 6.45) is 27.2. The standard InChI is InChI=1S/C36H67NO6/c1-5-9-10-11-12-13-14-15-16-17-18-19-20-21-22-23-24-25-26-30-37(31(27-6-2)34(38)39,32(28-7-3)35(40)41)33(29-8-4)36(42)43/h20-21,31-33H,5-19,22-30H2,1-4H3,(H2-,38,39,40,41,42,43)/b21-20+. The Labute approximate surface area is 264 Å². The summed E-state index contributed by atoms with van der Waals surface area (Å²) in [5, 5.41) is 33.0. The average molecular weight is 610 g/mol. The van der Waals surface area contributed by atoms with E-state index in [-0.39, 0.29) is 25.8 Å². The molecule has 0 saturated carbocycles. The van der Waals surface area contributed by atoms with Crippen molar-refractivity contribution < 1.29 is 34.2 Å². The Morgan fingerprint density at radius 2 is 0.884 bits per heavy atom. The van der Waals surface area contributed by atoms with E-state index in [1.54, 1.807) is 0 Å². The average Bonchev–Trinajstić information content (AvgIpc) is 2.97. The third kappa shape index (κ3) is 16.7. The summed E-state index contributed by atoms with van der Waals surface area (Å²) in [6.45, 7) is 8.05. The van der Waals surface area contributed by atoms with E-state index in [0.717, 1.165) is 32.1 Å². The van der Waals surface area contributed by atoms with E-state index in [1.807, 2.05) is 20.8 Å². The minimum atomic E-state index is -1.34. The number of hydrogen-bond acceptors (Lipinski definition) is 4. The van der Waals surface area contributed by atoms with Crippen molar-refractivity contribution in [2.75, 3.05) is 6.54 Å². The molecule has 0 aromatic carbocycles. The molecule has 7 heteroatoms. The van der Waals surface area contributed by atoms with Gasteiger partial charge in [0.1, 0.15) is 6.04 Å². The third-order valence-electron chi connectivity index (χ3n) is 9.08. The number of unbranched alkanes of at least 4 members (excludes halogenated alkanes) is 15. The van der Waals surface area contributed by atoms with Gasteiger partial charge in [-0.05, 0) is 51.4 Å². The van der Waals surface area contributed by atoms with Crippen LogP contribution in [0.25, 0.3) is 0 Å². The fraction of sp³-hybridized carbons (Fsp3) is 0.861. The van der Waals surface area contributed by atoms with Crippen molar-refractivity contribution in [1.29, 1.82) is 0 Å². The van der Waals surface area contributed by atoms with Gasteiger partial charge in [-0.25, -0.2) is 9.59 Å². The molecule has 3 unspecified atom stereocenters. The first-order chi connectivity index (χ1) is 20.7. The molecule has 0 bridgehead atoms. The normalized spacial score (nSPS) is 15.3. The van der Waals surface area contributed by atoms with Crippen LogP contribution in [0, 0.1) is 0 Å². The first kappa shape index (κ1) is 41.1. The smallest absolute Gasteiger partial charge is 0.362 e. The van der Waals surface area contributed by atoms with Gasteiger partial charge in [0.15, 0.2) is 12.1 Å². The summed E-state index contributed by atoms with van der Waals surface area (Å²) < 4.78 is -0.443. The van der Waals surface area contributed by atoms with Crippen molar-refractivity contribution in [3.63, 3.8) is 0 Å². The molecule has 252 valence electrons. The molecule has 0 aliphatic heterocycles. The lowest BCUT2D eigenvalue weighted by Gasteiger charge is -2.52. The Morgan fingerprint density at radius 3 is 1.23 bits per heavy atom. The highest BCUT2D eigenvalue weighted by atomic mass is 16.4. The molecule has 0 amide bonds. The molecule has 0 aliphatic carbocycles. The van der Waals surface area contributed by atoms with Crippen LogP contribution >= 0.6 is 0 Å².